The Kier molecular flexibility index (Phi) is 6.56. The van der Waals surface area contributed by atoms with Gasteiger partial charge in [0.25, 0.3) is 0 Å². The zero-order chi connectivity index (χ0) is 13.4. The summed E-state index contributed by atoms with van der Waals surface area (Å²) in [5.74, 6) is -0.144. The maximum Gasteiger partial charge on any atom is 0.237 e. The van der Waals surface area contributed by atoms with Crippen LogP contribution in [0.5, 0.6) is 0 Å². The molecule has 1 fully saturated rings. The lowest BCUT2D eigenvalue weighted by atomic mass is 10.0. The molecular formula is C12H24N2O4. The Morgan fingerprint density at radius 3 is 2.89 bits per heavy atom. The van der Waals surface area contributed by atoms with Gasteiger partial charge in [0.2, 0.25) is 5.91 Å². The summed E-state index contributed by atoms with van der Waals surface area (Å²) in [5.41, 5.74) is 5.40. The molecule has 0 saturated carbocycles. The van der Waals surface area contributed by atoms with Crippen molar-refractivity contribution in [1.82, 2.24) is 5.32 Å². The fourth-order valence-electron chi connectivity index (χ4n) is 1.92. The second kappa shape index (κ2) is 7.68. The van der Waals surface area contributed by atoms with E-state index in [0.717, 1.165) is 12.8 Å². The second-order valence-electron chi connectivity index (χ2n) is 4.65. The van der Waals surface area contributed by atoms with Crippen LogP contribution in [0, 0.1) is 0 Å². The number of hydrogen-bond acceptors (Lipinski definition) is 5. The first-order valence-corrected chi connectivity index (χ1v) is 6.29. The van der Waals surface area contributed by atoms with Gasteiger partial charge in [-0.2, -0.15) is 0 Å². The van der Waals surface area contributed by atoms with Gasteiger partial charge in [-0.1, -0.05) is 0 Å². The molecule has 6 nitrogen and oxygen atoms in total. The lowest BCUT2D eigenvalue weighted by molar-refractivity contribution is -0.124. The molecule has 2 atom stereocenters. The third-order valence-electron chi connectivity index (χ3n) is 3.29. The molecule has 0 bridgehead atoms. The first kappa shape index (κ1) is 15.4. The number of ether oxygens (including phenoxy) is 3. The Labute approximate surface area is 108 Å². The normalized spacial score (nSPS) is 25.1. The number of amides is 1. The molecule has 18 heavy (non-hydrogen) atoms. The Bertz CT molecular complexity index is 254. The van der Waals surface area contributed by atoms with Crippen molar-refractivity contribution in [1.29, 1.82) is 0 Å². The zero-order valence-corrected chi connectivity index (χ0v) is 11.2. The molecule has 0 aromatic rings. The highest BCUT2D eigenvalue weighted by Crippen LogP contribution is 2.21. The minimum atomic E-state index is -0.489. The summed E-state index contributed by atoms with van der Waals surface area (Å²) in [5, 5.41) is 2.83. The van der Waals surface area contributed by atoms with E-state index in [4.69, 9.17) is 19.9 Å². The summed E-state index contributed by atoms with van der Waals surface area (Å²) in [7, 11) is 3.27. The monoisotopic (exact) mass is 260 g/mol. The van der Waals surface area contributed by atoms with Gasteiger partial charge in [0.15, 0.2) is 0 Å². The minimum absolute atomic E-state index is 0.144. The van der Waals surface area contributed by atoms with E-state index in [9.17, 15) is 4.79 Å². The van der Waals surface area contributed by atoms with Crippen molar-refractivity contribution in [2.75, 3.05) is 40.6 Å². The Balaban J connectivity index is 2.26. The molecule has 1 aliphatic rings. The van der Waals surface area contributed by atoms with Gasteiger partial charge >= 0.3 is 0 Å². The highest BCUT2D eigenvalue weighted by molar-refractivity contribution is 5.81. The molecule has 3 N–H and O–H groups in total. The molecule has 1 amide bonds. The molecule has 1 heterocycles. The summed E-state index contributed by atoms with van der Waals surface area (Å²) in [6.45, 7) is 2.25. The van der Waals surface area contributed by atoms with Gasteiger partial charge in [-0.25, -0.2) is 0 Å². The van der Waals surface area contributed by atoms with Gasteiger partial charge in [0.1, 0.15) is 5.60 Å². The van der Waals surface area contributed by atoms with E-state index in [2.05, 4.69) is 5.32 Å². The van der Waals surface area contributed by atoms with Gasteiger partial charge < -0.3 is 25.3 Å². The number of hydrogen-bond donors (Lipinski definition) is 2. The van der Waals surface area contributed by atoms with Gasteiger partial charge in [0, 0.05) is 40.4 Å². The van der Waals surface area contributed by atoms with E-state index in [1.54, 1.807) is 14.2 Å². The average Bonchev–Trinajstić information content (AvgIpc) is 2.85. The van der Waals surface area contributed by atoms with Crippen LogP contribution >= 0.6 is 0 Å². The lowest BCUT2D eigenvalue weighted by Crippen LogP contribution is -2.49. The molecule has 0 radical (unpaired) electrons. The molecule has 106 valence electrons. The molecule has 6 heteroatoms. The van der Waals surface area contributed by atoms with Crippen LogP contribution in [0.4, 0.5) is 0 Å². The quantitative estimate of drug-likeness (QED) is 0.584. The van der Waals surface area contributed by atoms with Crippen LogP contribution in [-0.2, 0) is 19.0 Å². The van der Waals surface area contributed by atoms with Crippen molar-refractivity contribution >= 4 is 5.91 Å². The van der Waals surface area contributed by atoms with Crippen LogP contribution in [-0.4, -0.2) is 58.1 Å². The second-order valence-corrected chi connectivity index (χ2v) is 4.65. The maximum absolute atomic E-state index is 11.8. The zero-order valence-electron chi connectivity index (χ0n) is 11.2. The van der Waals surface area contributed by atoms with Crippen molar-refractivity contribution in [3.8, 4) is 0 Å². The number of nitrogens with two attached hydrogens (primary N) is 1. The molecule has 0 aromatic carbocycles. The number of carbonyl (C=O) groups excluding carboxylic acids is 1. The number of nitrogens with one attached hydrogen (secondary N) is 1. The largest absolute Gasteiger partial charge is 0.385 e. The average molecular weight is 260 g/mol. The topological polar surface area (TPSA) is 82.8 Å². The predicted molar refractivity (Wildman–Crippen MR) is 67.3 cm³/mol. The van der Waals surface area contributed by atoms with Crippen LogP contribution in [0.25, 0.3) is 0 Å². The van der Waals surface area contributed by atoms with Crippen molar-refractivity contribution in [2.24, 2.45) is 5.73 Å². The summed E-state index contributed by atoms with van der Waals surface area (Å²) < 4.78 is 15.6. The molecule has 0 aromatic heterocycles. The van der Waals surface area contributed by atoms with Gasteiger partial charge in [0.05, 0.1) is 12.6 Å². The molecule has 0 aliphatic carbocycles. The first-order valence-electron chi connectivity index (χ1n) is 6.29. The van der Waals surface area contributed by atoms with Crippen LogP contribution in [0.2, 0.25) is 0 Å². The van der Waals surface area contributed by atoms with Gasteiger partial charge in [-0.3, -0.25) is 4.79 Å². The van der Waals surface area contributed by atoms with E-state index < -0.39 is 6.04 Å². The van der Waals surface area contributed by atoms with E-state index in [1.807, 2.05) is 0 Å². The minimum Gasteiger partial charge on any atom is -0.385 e. The predicted octanol–water partition coefficient (Wildman–Crippen LogP) is -0.338. The van der Waals surface area contributed by atoms with E-state index in [-0.39, 0.29) is 11.5 Å². The van der Waals surface area contributed by atoms with E-state index >= 15 is 0 Å². The molecule has 0 spiro atoms. The number of carbonyl (C=O) groups is 1. The van der Waals surface area contributed by atoms with Crippen molar-refractivity contribution < 1.29 is 19.0 Å². The van der Waals surface area contributed by atoms with E-state index in [0.29, 0.717) is 32.8 Å². The molecule has 1 saturated heterocycles. The Morgan fingerprint density at radius 2 is 2.33 bits per heavy atom. The highest BCUT2D eigenvalue weighted by atomic mass is 16.5. The Hall–Kier alpha value is -0.690. The van der Waals surface area contributed by atoms with Crippen molar-refractivity contribution in [3.63, 3.8) is 0 Å². The standard InChI is InChI=1S/C12H24N2O4/c1-16-6-3-4-10(13)11(15)14-8-12(17-2)5-7-18-9-12/h10H,3-9,13H2,1-2H3,(H,14,15). The fraction of sp³-hybridized carbons (Fsp3) is 0.917. The number of methoxy groups -OCH3 is 2. The Morgan fingerprint density at radius 1 is 1.56 bits per heavy atom. The maximum atomic E-state index is 11.8. The highest BCUT2D eigenvalue weighted by Gasteiger charge is 2.35. The van der Waals surface area contributed by atoms with Crippen LogP contribution in [0.1, 0.15) is 19.3 Å². The third kappa shape index (κ3) is 4.53. The summed E-state index contributed by atoms with van der Waals surface area (Å²) in [6, 6.07) is -0.489. The van der Waals surface area contributed by atoms with Crippen LogP contribution < -0.4 is 11.1 Å². The molecule has 2 unspecified atom stereocenters. The van der Waals surface area contributed by atoms with Crippen LogP contribution in [0.15, 0.2) is 0 Å². The fourth-order valence-corrected chi connectivity index (χ4v) is 1.92. The number of rotatable bonds is 8. The van der Waals surface area contributed by atoms with Gasteiger partial charge in [-0.15, -0.1) is 0 Å². The summed E-state index contributed by atoms with van der Waals surface area (Å²) in [6.07, 6.45) is 2.20. The third-order valence-corrected chi connectivity index (χ3v) is 3.29. The molecular weight excluding hydrogens is 236 g/mol. The van der Waals surface area contributed by atoms with Crippen molar-refractivity contribution in [2.45, 2.75) is 30.9 Å². The smallest absolute Gasteiger partial charge is 0.237 e. The summed E-state index contributed by atoms with van der Waals surface area (Å²) in [4.78, 5) is 11.8. The van der Waals surface area contributed by atoms with E-state index in [1.165, 1.54) is 0 Å². The van der Waals surface area contributed by atoms with Crippen molar-refractivity contribution in [3.05, 3.63) is 0 Å². The van der Waals surface area contributed by atoms with Crippen LogP contribution in [0.3, 0.4) is 0 Å². The SMILES string of the molecule is COCCCC(N)C(=O)NCC1(OC)CCOC1. The lowest BCUT2D eigenvalue weighted by Gasteiger charge is -2.26. The van der Waals surface area contributed by atoms with Gasteiger partial charge in [-0.05, 0) is 12.8 Å². The molecule has 1 rings (SSSR count). The first-order chi connectivity index (χ1) is 8.63. The summed E-state index contributed by atoms with van der Waals surface area (Å²) >= 11 is 0. The molecule has 1 aliphatic heterocycles.